The summed E-state index contributed by atoms with van der Waals surface area (Å²) in [6.07, 6.45) is 1.48. The van der Waals surface area contributed by atoms with Crippen molar-refractivity contribution >= 4 is 11.6 Å². The molecule has 0 aliphatic rings. The van der Waals surface area contributed by atoms with Crippen LogP contribution in [0.1, 0.15) is 16.7 Å². The average Bonchev–Trinajstić information content (AvgIpc) is 2.30. The van der Waals surface area contributed by atoms with Gasteiger partial charge in [0, 0.05) is 11.8 Å². The number of pyridine rings is 1. The summed E-state index contributed by atoms with van der Waals surface area (Å²) in [5, 5.41) is 0. The molecule has 1 heterocycles. The highest BCUT2D eigenvalue weighted by Crippen LogP contribution is 2.26. The third-order valence-electron chi connectivity index (χ3n) is 2.49. The lowest BCUT2D eigenvalue weighted by atomic mass is 10.1. The number of aryl methyl sites for hydroxylation is 2. The molecule has 0 radical (unpaired) electrons. The Morgan fingerprint density at radius 3 is 2.50 bits per heavy atom. The van der Waals surface area contributed by atoms with E-state index in [-0.39, 0.29) is 11.8 Å². The molecule has 0 unspecified atom stereocenters. The predicted molar refractivity (Wildman–Crippen MR) is 69.7 cm³/mol. The van der Waals surface area contributed by atoms with E-state index in [1.807, 2.05) is 32.0 Å². The standard InChI is InChI=1S/C14H13ClFNO/c1-9-5-10(2)7-12(6-9)18-14-13(16)11(8-15)3-4-17-14/h3-7H,8H2,1-2H3. The third-order valence-corrected chi connectivity index (χ3v) is 2.78. The number of hydrogen-bond acceptors (Lipinski definition) is 2. The summed E-state index contributed by atoms with van der Waals surface area (Å²) in [4.78, 5) is 3.89. The minimum absolute atomic E-state index is 0.0434. The molecule has 0 fully saturated rings. The second-order valence-electron chi connectivity index (χ2n) is 4.15. The van der Waals surface area contributed by atoms with E-state index in [1.54, 1.807) is 0 Å². The minimum atomic E-state index is -0.508. The number of nitrogens with zero attached hydrogens (tertiary/aromatic N) is 1. The summed E-state index contributed by atoms with van der Waals surface area (Å²) in [6.45, 7) is 3.91. The molecule has 0 atom stereocenters. The molecule has 1 aromatic heterocycles. The van der Waals surface area contributed by atoms with E-state index in [4.69, 9.17) is 16.3 Å². The molecule has 0 saturated heterocycles. The lowest BCUT2D eigenvalue weighted by Gasteiger charge is -2.09. The summed E-state index contributed by atoms with van der Waals surface area (Å²) in [6, 6.07) is 7.23. The number of hydrogen-bond donors (Lipinski definition) is 0. The Morgan fingerprint density at radius 2 is 1.89 bits per heavy atom. The van der Waals surface area contributed by atoms with Crippen molar-refractivity contribution in [3.63, 3.8) is 0 Å². The van der Waals surface area contributed by atoms with Crippen LogP contribution in [-0.4, -0.2) is 4.98 Å². The van der Waals surface area contributed by atoms with Crippen LogP contribution in [0.25, 0.3) is 0 Å². The average molecular weight is 266 g/mol. The quantitative estimate of drug-likeness (QED) is 0.769. The first-order valence-electron chi connectivity index (χ1n) is 5.55. The molecule has 4 heteroatoms. The van der Waals surface area contributed by atoms with Gasteiger partial charge in [0.05, 0.1) is 5.88 Å². The van der Waals surface area contributed by atoms with Crippen molar-refractivity contribution in [2.24, 2.45) is 0 Å². The van der Waals surface area contributed by atoms with Gasteiger partial charge in [0.2, 0.25) is 0 Å². The summed E-state index contributed by atoms with van der Waals surface area (Å²) >= 11 is 5.63. The smallest absolute Gasteiger partial charge is 0.256 e. The minimum Gasteiger partial charge on any atom is -0.436 e. The first-order valence-corrected chi connectivity index (χ1v) is 6.09. The van der Waals surface area contributed by atoms with Gasteiger partial charge in [0.25, 0.3) is 5.88 Å². The van der Waals surface area contributed by atoms with Gasteiger partial charge in [-0.1, -0.05) is 6.07 Å². The van der Waals surface area contributed by atoms with Crippen LogP contribution in [0.3, 0.4) is 0 Å². The monoisotopic (exact) mass is 265 g/mol. The van der Waals surface area contributed by atoms with Crippen molar-refractivity contribution in [1.82, 2.24) is 4.98 Å². The lowest BCUT2D eigenvalue weighted by molar-refractivity contribution is 0.419. The maximum absolute atomic E-state index is 13.9. The Hall–Kier alpha value is -1.61. The fourth-order valence-corrected chi connectivity index (χ4v) is 1.95. The van der Waals surface area contributed by atoms with Crippen molar-refractivity contribution in [2.45, 2.75) is 19.7 Å². The molecule has 0 aliphatic heterocycles. The van der Waals surface area contributed by atoms with Crippen LogP contribution in [0.5, 0.6) is 11.6 Å². The Kier molecular flexibility index (Phi) is 3.82. The Bertz CT molecular complexity index is 551. The summed E-state index contributed by atoms with van der Waals surface area (Å²) < 4.78 is 19.4. The van der Waals surface area contributed by atoms with Gasteiger partial charge in [-0.2, -0.15) is 0 Å². The zero-order valence-corrected chi connectivity index (χ0v) is 11.0. The molecule has 2 aromatic rings. The number of aromatic nitrogens is 1. The molecule has 18 heavy (non-hydrogen) atoms. The number of rotatable bonds is 3. The van der Waals surface area contributed by atoms with Gasteiger partial charge >= 0.3 is 0 Å². The van der Waals surface area contributed by atoms with Crippen LogP contribution in [0.4, 0.5) is 4.39 Å². The van der Waals surface area contributed by atoms with E-state index in [0.717, 1.165) is 11.1 Å². The zero-order chi connectivity index (χ0) is 13.1. The fourth-order valence-electron chi connectivity index (χ4n) is 1.74. The van der Waals surface area contributed by atoms with Crippen molar-refractivity contribution in [3.05, 3.63) is 53.0 Å². The van der Waals surface area contributed by atoms with Crippen molar-refractivity contribution in [1.29, 1.82) is 0 Å². The molecule has 0 aliphatic carbocycles. The number of halogens is 2. The van der Waals surface area contributed by atoms with Gasteiger partial charge in [-0.3, -0.25) is 0 Å². The maximum Gasteiger partial charge on any atom is 0.256 e. The highest BCUT2D eigenvalue weighted by Gasteiger charge is 2.11. The highest BCUT2D eigenvalue weighted by molar-refractivity contribution is 6.17. The largest absolute Gasteiger partial charge is 0.436 e. The van der Waals surface area contributed by atoms with E-state index in [2.05, 4.69) is 4.98 Å². The second-order valence-corrected chi connectivity index (χ2v) is 4.42. The van der Waals surface area contributed by atoms with Crippen molar-refractivity contribution in [2.75, 3.05) is 0 Å². The van der Waals surface area contributed by atoms with Gasteiger partial charge in [-0.25, -0.2) is 9.37 Å². The highest BCUT2D eigenvalue weighted by atomic mass is 35.5. The molecule has 94 valence electrons. The van der Waals surface area contributed by atoms with Crippen LogP contribution < -0.4 is 4.74 Å². The van der Waals surface area contributed by atoms with Gasteiger partial charge in [-0.05, 0) is 43.2 Å². The first kappa shape index (κ1) is 12.8. The molecule has 0 amide bonds. The predicted octanol–water partition coefficient (Wildman–Crippen LogP) is 4.37. The summed E-state index contributed by atoms with van der Waals surface area (Å²) in [5.74, 6) is 0.118. The number of ether oxygens (including phenoxy) is 1. The van der Waals surface area contributed by atoms with E-state index >= 15 is 0 Å². The van der Waals surface area contributed by atoms with Gasteiger partial charge in [-0.15, -0.1) is 11.6 Å². The number of alkyl halides is 1. The first-order chi connectivity index (χ1) is 8.60. The zero-order valence-electron chi connectivity index (χ0n) is 10.2. The number of benzene rings is 1. The molecule has 1 aromatic carbocycles. The maximum atomic E-state index is 13.9. The van der Waals surface area contributed by atoms with E-state index in [1.165, 1.54) is 12.3 Å². The fraction of sp³-hybridized carbons (Fsp3) is 0.214. The topological polar surface area (TPSA) is 22.1 Å². The van der Waals surface area contributed by atoms with E-state index in [0.29, 0.717) is 11.3 Å². The van der Waals surface area contributed by atoms with E-state index in [9.17, 15) is 4.39 Å². The molecule has 0 bridgehead atoms. The summed E-state index contributed by atoms with van der Waals surface area (Å²) in [7, 11) is 0. The normalized spacial score (nSPS) is 10.4. The molecular weight excluding hydrogens is 253 g/mol. The summed E-state index contributed by atoms with van der Waals surface area (Å²) in [5.41, 5.74) is 2.49. The lowest BCUT2D eigenvalue weighted by Crippen LogP contribution is -1.96. The molecule has 2 rings (SSSR count). The Morgan fingerprint density at radius 1 is 1.22 bits per heavy atom. The van der Waals surface area contributed by atoms with Crippen LogP contribution >= 0.6 is 11.6 Å². The van der Waals surface area contributed by atoms with E-state index < -0.39 is 5.82 Å². The van der Waals surface area contributed by atoms with Gasteiger partial charge in [0.15, 0.2) is 5.82 Å². The third kappa shape index (κ3) is 2.79. The van der Waals surface area contributed by atoms with Gasteiger partial charge < -0.3 is 4.74 Å². The molecule has 0 spiro atoms. The van der Waals surface area contributed by atoms with Crippen LogP contribution in [0.2, 0.25) is 0 Å². The van der Waals surface area contributed by atoms with Crippen LogP contribution in [-0.2, 0) is 5.88 Å². The molecule has 0 saturated carbocycles. The van der Waals surface area contributed by atoms with Crippen LogP contribution in [0.15, 0.2) is 30.5 Å². The molecule has 0 N–H and O–H groups in total. The van der Waals surface area contributed by atoms with Crippen molar-refractivity contribution in [3.8, 4) is 11.6 Å². The Labute approximate surface area is 110 Å². The van der Waals surface area contributed by atoms with Crippen molar-refractivity contribution < 1.29 is 9.13 Å². The van der Waals surface area contributed by atoms with Gasteiger partial charge in [0.1, 0.15) is 5.75 Å². The second kappa shape index (κ2) is 5.36. The van der Waals surface area contributed by atoms with Crippen LogP contribution in [0, 0.1) is 19.7 Å². The SMILES string of the molecule is Cc1cc(C)cc(Oc2nccc(CCl)c2F)c1. The Balaban J connectivity index is 2.34. The molecule has 2 nitrogen and oxygen atoms in total. The molecular formula is C14H13ClFNO.